The molecule has 2 N–H and O–H groups in total. The molecule has 0 aliphatic heterocycles. The molecule has 0 amide bonds. The Hall–Kier alpha value is -3.27. The number of aromatic amines is 1. The van der Waals surface area contributed by atoms with E-state index in [9.17, 15) is 19.1 Å². The smallest absolute Gasteiger partial charge is 0.328 e. The first-order chi connectivity index (χ1) is 16.4. The summed E-state index contributed by atoms with van der Waals surface area (Å²) in [4.78, 5) is 25.2. The monoisotopic (exact) mass is 471 g/mol. The minimum Gasteiger partial charge on any atom is -0.490 e. The van der Waals surface area contributed by atoms with Crippen molar-refractivity contribution in [2.24, 2.45) is 5.92 Å². The number of halogens is 1. The molecule has 1 aliphatic rings. The molecule has 0 saturated heterocycles. The molecule has 9 nitrogen and oxygen atoms in total. The minimum atomic E-state index is -1.27. The van der Waals surface area contributed by atoms with Gasteiger partial charge in [-0.3, -0.25) is 9.78 Å². The van der Waals surface area contributed by atoms with E-state index in [2.05, 4.69) is 15.3 Å². The Kier molecular flexibility index (Phi) is 7.26. The van der Waals surface area contributed by atoms with Crippen molar-refractivity contribution in [3.05, 3.63) is 74.6 Å². The normalized spacial score (nSPS) is 15.3. The van der Waals surface area contributed by atoms with Gasteiger partial charge in [0.25, 0.3) is 5.56 Å². The van der Waals surface area contributed by atoms with Gasteiger partial charge in [-0.05, 0) is 62.1 Å². The third-order valence-electron chi connectivity index (χ3n) is 6.31. The average molecular weight is 472 g/mol. The van der Waals surface area contributed by atoms with E-state index in [1.54, 1.807) is 23.0 Å². The zero-order valence-electron chi connectivity index (χ0n) is 19.2. The quantitative estimate of drug-likeness (QED) is 0.392. The molecule has 0 spiro atoms. The molecular formula is C24H30FN5O4. The van der Waals surface area contributed by atoms with Crippen molar-refractivity contribution >= 4 is 0 Å². The van der Waals surface area contributed by atoms with Crippen LogP contribution < -0.4 is 16.0 Å². The first kappa shape index (κ1) is 23.9. The molecule has 1 aromatic carbocycles. The van der Waals surface area contributed by atoms with Crippen molar-refractivity contribution in [3.8, 4) is 5.75 Å². The standard InChI is InChI=1S/C24H30FN5O4/c1-2-24(33,18-8-9-20(25)21(13-18)34-15-17-6-7-17)16-30-19(14-26-28-30)5-3-4-11-29-12-10-22(31)27-23(29)32/h8-10,12-14,17,33H,2-7,11,15-16H2,1H3,(H,27,31,32). The molecule has 1 aliphatic carbocycles. The van der Waals surface area contributed by atoms with Crippen LogP contribution in [-0.4, -0.2) is 36.3 Å². The maximum atomic E-state index is 14.2. The van der Waals surface area contributed by atoms with E-state index in [1.165, 1.54) is 22.9 Å². The Bertz CT molecular complexity index is 1230. The molecule has 3 aromatic rings. The van der Waals surface area contributed by atoms with Gasteiger partial charge in [-0.2, -0.15) is 0 Å². The lowest BCUT2D eigenvalue weighted by atomic mass is 9.90. The highest BCUT2D eigenvalue weighted by Gasteiger charge is 2.31. The van der Waals surface area contributed by atoms with Crippen molar-refractivity contribution in [2.45, 2.75) is 64.1 Å². The molecule has 1 atom stereocenters. The van der Waals surface area contributed by atoms with E-state index in [0.29, 0.717) is 37.5 Å². The van der Waals surface area contributed by atoms with Crippen LogP contribution in [0.2, 0.25) is 0 Å². The lowest BCUT2D eigenvalue weighted by molar-refractivity contribution is 0.00940. The van der Waals surface area contributed by atoms with Gasteiger partial charge in [0.15, 0.2) is 11.6 Å². The lowest BCUT2D eigenvalue weighted by Gasteiger charge is -2.28. The Labute approximate surface area is 196 Å². The molecule has 1 saturated carbocycles. The fourth-order valence-corrected chi connectivity index (χ4v) is 3.86. The van der Waals surface area contributed by atoms with Crippen molar-refractivity contribution < 1.29 is 14.2 Å². The highest BCUT2D eigenvalue weighted by Crippen LogP contribution is 2.33. The predicted octanol–water partition coefficient (Wildman–Crippen LogP) is 2.38. The first-order valence-electron chi connectivity index (χ1n) is 11.7. The fourth-order valence-electron chi connectivity index (χ4n) is 3.86. The van der Waals surface area contributed by atoms with Crippen molar-refractivity contribution in [2.75, 3.05) is 6.61 Å². The Morgan fingerprint density at radius 2 is 2.09 bits per heavy atom. The summed E-state index contributed by atoms with van der Waals surface area (Å²) in [6.45, 7) is 3.01. The molecule has 10 heteroatoms. The highest BCUT2D eigenvalue weighted by molar-refractivity contribution is 5.34. The summed E-state index contributed by atoms with van der Waals surface area (Å²) in [5.41, 5.74) is -0.680. The number of rotatable bonds is 12. The Balaban J connectivity index is 1.39. The molecule has 182 valence electrons. The van der Waals surface area contributed by atoms with Crippen LogP contribution in [0.15, 0.2) is 46.2 Å². The van der Waals surface area contributed by atoms with E-state index in [-0.39, 0.29) is 12.3 Å². The van der Waals surface area contributed by atoms with Gasteiger partial charge in [0.05, 0.1) is 25.0 Å². The van der Waals surface area contributed by atoms with E-state index in [1.807, 2.05) is 6.92 Å². The largest absolute Gasteiger partial charge is 0.490 e. The van der Waals surface area contributed by atoms with E-state index >= 15 is 0 Å². The van der Waals surface area contributed by atoms with Gasteiger partial charge in [0.1, 0.15) is 5.60 Å². The summed E-state index contributed by atoms with van der Waals surface area (Å²) in [5.74, 6) is 0.215. The van der Waals surface area contributed by atoms with Crippen LogP contribution in [0.3, 0.4) is 0 Å². The van der Waals surface area contributed by atoms with Crippen LogP contribution in [0, 0.1) is 11.7 Å². The van der Waals surface area contributed by atoms with Gasteiger partial charge < -0.3 is 14.4 Å². The molecule has 0 radical (unpaired) electrons. The highest BCUT2D eigenvalue weighted by atomic mass is 19.1. The summed E-state index contributed by atoms with van der Waals surface area (Å²) in [7, 11) is 0. The van der Waals surface area contributed by atoms with Gasteiger partial charge in [-0.1, -0.05) is 18.2 Å². The number of aliphatic hydroxyl groups is 1. The van der Waals surface area contributed by atoms with Crippen molar-refractivity contribution in [1.82, 2.24) is 24.5 Å². The third-order valence-corrected chi connectivity index (χ3v) is 6.31. The number of aromatic nitrogens is 5. The fraction of sp³-hybridized carbons (Fsp3) is 0.500. The number of ether oxygens (including phenoxy) is 1. The molecule has 1 fully saturated rings. The van der Waals surface area contributed by atoms with Crippen LogP contribution in [0.1, 0.15) is 50.3 Å². The van der Waals surface area contributed by atoms with Crippen LogP contribution >= 0.6 is 0 Å². The van der Waals surface area contributed by atoms with Gasteiger partial charge in [-0.25, -0.2) is 13.9 Å². The number of nitrogens with zero attached hydrogens (tertiary/aromatic N) is 4. The summed E-state index contributed by atoms with van der Waals surface area (Å²) in [6, 6.07) is 5.82. The number of unbranched alkanes of at least 4 members (excludes halogenated alkanes) is 1. The van der Waals surface area contributed by atoms with Gasteiger partial charge >= 0.3 is 5.69 Å². The molecule has 1 unspecified atom stereocenters. The van der Waals surface area contributed by atoms with Crippen LogP contribution in [0.5, 0.6) is 5.75 Å². The Morgan fingerprint density at radius 3 is 2.82 bits per heavy atom. The predicted molar refractivity (Wildman–Crippen MR) is 123 cm³/mol. The zero-order chi connectivity index (χ0) is 24.1. The topological polar surface area (TPSA) is 115 Å². The second-order valence-electron chi connectivity index (χ2n) is 8.93. The molecular weight excluding hydrogens is 441 g/mol. The van der Waals surface area contributed by atoms with Gasteiger partial charge in [0, 0.05) is 18.8 Å². The van der Waals surface area contributed by atoms with Crippen LogP contribution in [-0.2, 0) is 25.1 Å². The number of hydrogen-bond donors (Lipinski definition) is 2. The van der Waals surface area contributed by atoms with Gasteiger partial charge in [0.2, 0.25) is 0 Å². The average Bonchev–Trinajstić information content (AvgIpc) is 3.55. The summed E-state index contributed by atoms with van der Waals surface area (Å²) in [6.07, 6.45) is 7.90. The summed E-state index contributed by atoms with van der Waals surface area (Å²) < 4.78 is 23.0. The lowest BCUT2D eigenvalue weighted by Crippen LogP contribution is -2.32. The zero-order valence-corrected chi connectivity index (χ0v) is 19.2. The second kappa shape index (κ2) is 10.3. The maximum absolute atomic E-state index is 14.2. The second-order valence-corrected chi connectivity index (χ2v) is 8.93. The molecule has 0 bridgehead atoms. The van der Waals surface area contributed by atoms with E-state index in [0.717, 1.165) is 31.4 Å². The number of hydrogen-bond acceptors (Lipinski definition) is 6. The van der Waals surface area contributed by atoms with Gasteiger partial charge in [-0.15, -0.1) is 5.10 Å². The van der Waals surface area contributed by atoms with E-state index in [4.69, 9.17) is 4.74 Å². The minimum absolute atomic E-state index is 0.160. The SMILES string of the molecule is CCC(O)(Cn1nncc1CCCCn1ccc(=O)[nH]c1=O)c1ccc(F)c(OCC2CC2)c1. The van der Waals surface area contributed by atoms with Crippen molar-refractivity contribution in [3.63, 3.8) is 0 Å². The number of aryl methyl sites for hydroxylation is 2. The van der Waals surface area contributed by atoms with Crippen LogP contribution in [0.4, 0.5) is 4.39 Å². The summed E-state index contributed by atoms with van der Waals surface area (Å²) >= 11 is 0. The molecule has 2 heterocycles. The molecule has 34 heavy (non-hydrogen) atoms. The summed E-state index contributed by atoms with van der Waals surface area (Å²) in [5, 5.41) is 19.6. The molecule has 4 rings (SSSR count). The van der Waals surface area contributed by atoms with E-state index < -0.39 is 22.7 Å². The number of H-pyrrole nitrogens is 1. The molecule has 2 aromatic heterocycles. The number of nitrogens with one attached hydrogen (secondary N) is 1. The Morgan fingerprint density at radius 1 is 1.26 bits per heavy atom. The third kappa shape index (κ3) is 5.80. The van der Waals surface area contributed by atoms with Crippen molar-refractivity contribution in [1.29, 1.82) is 0 Å². The van der Waals surface area contributed by atoms with Crippen LogP contribution in [0.25, 0.3) is 0 Å². The first-order valence-corrected chi connectivity index (χ1v) is 11.7. The maximum Gasteiger partial charge on any atom is 0.328 e. The number of benzene rings is 1.